The van der Waals surface area contributed by atoms with Gasteiger partial charge in [0.05, 0.1) is 0 Å². The quantitative estimate of drug-likeness (QED) is 0.466. The number of aliphatic hydroxyl groups is 1. The average molecular weight is 100 g/mol. The fraction of sp³-hybridized carbons (Fsp3) is 1.00. The standard InChI is InChI=1S/C3H8O.Ar/c1-3(2)4;/h3-4H,1-2H3;. The molecule has 0 aromatic rings. The Hall–Kier alpha value is 1.22. The summed E-state index contributed by atoms with van der Waals surface area (Å²) in [6.07, 6.45) is -0.167. The van der Waals surface area contributed by atoms with Gasteiger partial charge in [-0.25, -0.2) is 0 Å². The van der Waals surface area contributed by atoms with E-state index in [4.69, 9.17) is 5.11 Å². The predicted molar refractivity (Wildman–Crippen MR) is 17.4 cm³/mol. The second-order valence-electron chi connectivity index (χ2n) is 1.09. The molecular formula is C3H8ArO. The van der Waals surface area contributed by atoms with E-state index < -0.39 is 0 Å². The fourth-order valence-corrected chi connectivity index (χ4v) is 0. The molecule has 5 heavy (non-hydrogen) atoms. The minimum absolute atomic E-state index is 0. The van der Waals surface area contributed by atoms with Gasteiger partial charge in [0.2, 0.25) is 0 Å². The zero-order valence-corrected chi connectivity index (χ0v) is 4.09. The maximum atomic E-state index is 8.06. The molecule has 0 fully saturated rings. The van der Waals surface area contributed by atoms with Crippen LogP contribution >= 0.6 is 0 Å². The molecule has 0 aromatic heterocycles. The minimum Gasteiger partial charge on any atom is -0.394 e. The largest absolute Gasteiger partial charge is 0.394 e. The zero-order chi connectivity index (χ0) is 3.58. The maximum Gasteiger partial charge on any atom is 0.0483 e. The van der Waals surface area contributed by atoms with Crippen molar-refractivity contribution in [1.82, 2.24) is 0 Å². The van der Waals surface area contributed by atoms with Gasteiger partial charge in [0.1, 0.15) is 0 Å². The molecule has 0 atom stereocenters. The number of aliphatic hydroxyl groups excluding tert-OH is 1. The Morgan fingerprint density at radius 1 is 1.40 bits per heavy atom. The first-order valence-corrected chi connectivity index (χ1v) is 1.41. The Labute approximate surface area is 62.4 Å². The van der Waals surface area contributed by atoms with E-state index in [1.807, 2.05) is 0 Å². The van der Waals surface area contributed by atoms with Gasteiger partial charge in [-0.1, -0.05) is 0 Å². The van der Waals surface area contributed by atoms with Gasteiger partial charge in [0, 0.05) is 43.8 Å². The van der Waals surface area contributed by atoms with Crippen molar-refractivity contribution < 1.29 is 42.8 Å². The molecule has 2 heteroatoms. The SMILES string of the molecule is CC(C)O.[Ar]. The molecule has 0 bridgehead atoms. The van der Waals surface area contributed by atoms with E-state index in [1.54, 1.807) is 13.8 Å². The van der Waals surface area contributed by atoms with Crippen molar-refractivity contribution in [3.8, 4) is 0 Å². The topological polar surface area (TPSA) is 20.2 Å². The summed E-state index contributed by atoms with van der Waals surface area (Å²) in [5.41, 5.74) is 0. The third kappa shape index (κ3) is 36.4. The minimum atomic E-state index is -0.167. The molecule has 0 rings (SSSR count). The van der Waals surface area contributed by atoms with Crippen molar-refractivity contribution in [2.75, 3.05) is 0 Å². The van der Waals surface area contributed by atoms with Crippen LogP contribution in [0.4, 0.5) is 0 Å². The molecule has 0 aliphatic rings. The Bertz CT molecular complexity index is 11.6. The van der Waals surface area contributed by atoms with E-state index in [0.717, 1.165) is 0 Å². The van der Waals surface area contributed by atoms with Crippen LogP contribution in [0, 0.1) is 37.7 Å². The molecular weight excluding hydrogens is 92.0 g/mol. The van der Waals surface area contributed by atoms with Crippen molar-refractivity contribution in [1.29, 1.82) is 0 Å². The van der Waals surface area contributed by atoms with E-state index >= 15 is 0 Å². The molecule has 0 saturated heterocycles. The van der Waals surface area contributed by atoms with E-state index in [-0.39, 0.29) is 43.8 Å². The van der Waals surface area contributed by atoms with Crippen LogP contribution in [0.1, 0.15) is 13.8 Å². The zero-order valence-electron chi connectivity index (χ0n) is 3.38. The Balaban J connectivity index is 0. The van der Waals surface area contributed by atoms with Gasteiger partial charge in [-0.3, -0.25) is 0 Å². The summed E-state index contributed by atoms with van der Waals surface area (Å²) in [4.78, 5) is 0. The summed E-state index contributed by atoms with van der Waals surface area (Å²) < 4.78 is 0. The summed E-state index contributed by atoms with van der Waals surface area (Å²) in [7, 11) is 0. The van der Waals surface area contributed by atoms with Gasteiger partial charge in [-0.05, 0) is 13.8 Å². The van der Waals surface area contributed by atoms with Crippen LogP contribution in [-0.4, -0.2) is 11.2 Å². The summed E-state index contributed by atoms with van der Waals surface area (Å²) in [5, 5.41) is 8.06. The van der Waals surface area contributed by atoms with Gasteiger partial charge in [-0.15, -0.1) is 0 Å². The van der Waals surface area contributed by atoms with Crippen LogP contribution in [0.15, 0.2) is 0 Å². The molecule has 0 spiro atoms. The van der Waals surface area contributed by atoms with E-state index in [9.17, 15) is 0 Å². The van der Waals surface area contributed by atoms with Crippen LogP contribution in [0.2, 0.25) is 0 Å². The molecule has 0 heterocycles. The average Bonchev–Trinajstić information content (AvgIpc) is 0.811. The molecule has 0 amide bonds. The summed E-state index contributed by atoms with van der Waals surface area (Å²) >= 11 is 0. The molecule has 0 aromatic carbocycles. The smallest absolute Gasteiger partial charge is 0.0483 e. The molecule has 0 aliphatic heterocycles. The van der Waals surface area contributed by atoms with Crippen molar-refractivity contribution in [3.63, 3.8) is 0 Å². The monoisotopic (exact) mass is 100 g/mol. The van der Waals surface area contributed by atoms with Gasteiger partial charge < -0.3 is 5.11 Å². The molecule has 0 aliphatic carbocycles. The van der Waals surface area contributed by atoms with Crippen LogP contribution in [0.25, 0.3) is 0 Å². The molecule has 1 nitrogen and oxygen atoms in total. The van der Waals surface area contributed by atoms with Crippen molar-refractivity contribution >= 4 is 0 Å². The van der Waals surface area contributed by atoms with Crippen molar-refractivity contribution in [3.05, 3.63) is 0 Å². The van der Waals surface area contributed by atoms with Crippen molar-refractivity contribution in [2.45, 2.75) is 20.0 Å². The molecule has 0 unspecified atom stereocenters. The third-order valence-electron chi connectivity index (χ3n) is 0. The van der Waals surface area contributed by atoms with Gasteiger partial charge >= 0.3 is 0 Å². The maximum absolute atomic E-state index is 8.06. The molecule has 34 valence electrons. The van der Waals surface area contributed by atoms with Crippen LogP contribution in [0.3, 0.4) is 0 Å². The van der Waals surface area contributed by atoms with E-state index in [1.165, 1.54) is 0 Å². The van der Waals surface area contributed by atoms with Gasteiger partial charge in [0.25, 0.3) is 0 Å². The Morgan fingerprint density at radius 3 is 1.40 bits per heavy atom. The van der Waals surface area contributed by atoms with Crippen LogP contribution in [0.5, 0.6) is 0 Å². The number of hydrogen-bond donors (Lipinski definition) is 1. The predicted octanol–water partition coefficient (Wildman–Crippen LogP) is 0.387. The second-order valence-corrected chi connectivity index (χ2v) is 1.09. The Morgan fingerprint density at radius 2 is 1.40 bits per heavy atom. The molecule has 0 saturated carbocycles. The van der Waals surface area contributed by atoms with Crippen molar-refractivity contribution in [2.24, 2.45) is 0 Å². The van der Waals surface area contributed by atoms with Crippen LogP contribution in [-0.2, 0) is 0 Å². The summed E-state index contributed by atoms with van der Waals surface area (Å²) in [6, 6.07) is 0. The molecule has 0 radical (unpaired) electrons. The van der Waals surface area contributed by atoms with E-state index in [0.29, 0.717) is 0 Å². The second kappa shape index (κ2) is 5.22. The first-order chi connectivity index (χ1) is 1.73. The Kier molecular flexibility index (Phi) is 9.94. The number of hydrogen-bond acceptors (Lipinski definition) is 1. The third-order valence-corrected chi connectivity index (χ3v) is 0. The fourth-order valence-electron chi connectivity index (χ4n) is 0. The first kappa shape index (κ1) is 9.52. The summed E-state index contributed by atoms with van der Waals surface area (Å²) in [6.45, 7) is 3.44. The van der Waals surface area contributed by atoms with Gasteiger partial charge in [0.15, 0.2) is 0 Å². The molecule has 1 N–H and O–H groups in total. The summed E-state index contributed by atoms with van der Waals surface area (Å²) in [5.74, 6) is 0. The van der Waals surface area contributed by atoms with Crippen LogP contribution < -0.4 is 0 Å². The first-order valence-electron chi connectivity index (χ1n) is 1.41. The van der Waals surface area contributed by atoms with Gasteiger partial charge in [-0.2, -0.15) is 0 Å². The van der Waals surface area contributed by atoms with E-state index in [2.05, 4.69) is 0 Å². The normalized spacial score (nSPS) is 7.20. The number of rotatable bonds is 0.